The highest BCUT2D eigenvalue weighted by atomic mass is 16.1. The molecule has 4 N–H and O–H groups in total. The first-order valence-electron chi connectivity index (χ1n) is 6.22. The zero-order chi connectivity index (χ0) is 13.9. The summed E-state index contributed by atoms with van der Waals surface area (Å²) in [6.07, 6.45) is 1.43. The van der Waals surface area contributed by atoms with Crippen LogP contribution in [0.2, 0.25) is 0 Å². The van der Waals surface area contributed by atoms with Gasteiger partial charge in [0.2, 0.25) is 0 Å². The van der Waals surface area contributed by atoms with E-state index in [1.54, 1.807) is 6.07 Å². The molecule has 1 atom stereocenters. The van der Waals surface area contributed by atoms with Crippen LogP contribution < -0.4 is 16.7 Å². The van der Waals surface area contributed by atoms with E-state index < -0.39 is 0 Å². The fraction of sp³-hybridized carbons (Fsp3) is 0.154. The molecule has 0 aliphatic heterocycles. The summed E-state index contributed by atoms with van der Waals surface area (Å²) >= 11 is 0. The molecule has 0 spiro atoms. The first kappa shape index (κ1) is 12.4. The zero-order valence-corrected chi connectivity index (χ0v) is 10.7. The van der Waals surface area contributed by atoms with Gasteiger partial charge >= 0.3 is 5.69 Å². The maximum absolute atomic E-state index is 11.4. The quantitative estimate of drug-likeness (QED) is 0.642. The minimum absolute atomic E-state index is 0.0446. The van der Waals surface area contributed by atoms with Crippen LogP contribution >= 0.6 is 0 Å². The summed E-state index contributed by atoms with van der Waals surface area (Å²) in [7, 11) is 0. The van der Waals surface area contributed by atoms with Crippen LogP contribution in [0.25, 0.3) is 5.65 Å². The van der Waals surface area contributed by atoms with Crippen molar-refractivity contribution in [1.29, 1.82) is 0 Å². The number of nitrogens with zero attached hydrogens (tertiary/aromatic N) is 3. The molecule has 7 nitrogen and oxygen atoms in total. The second kappa shape index (κ2) is 5.14. The van der Waals surface area contributed by atoms with Gasteiger partial charge in [-0.05, 0) is 5.56 Å². The van der Waals surface area contributed by atoms with Crippen molar-refractivity contribution >= 4 is 11.5 Å². The maximum Gasteiger partial charge on any atom is 0.348 e. The van der Waals surface area contributed by atoms with Gasteiger partial charge in [0.25, 0.3) is 0 Å². The van der Waals surface area contributed by atoms with Gasteiger partial charge in [0.05, 0.1) is 6.04 Å². The number of aromatic nitrogens is 4. The molecule has 3 aromatic rings. The Bertz CT molecular complexity index is 763. The van der Waals surface area contributed by atoms with Gasteiger partial charge in [-0.1, -0.05) is 30.3 Å². The van der Waals surface area contributed by atoms with E-state index >= 15 is 0 Å². The molecule has 102 valence electrons. The Morgan fingerprint density at radius 1 is 1.35 bits per heavy atom. The second-order valence-electron chi connectivity index (χ2n) is 4.37. The van der Waals surface area contributed by atoms with Crippen molar-refractivity contribution in [2.45, 2.75) is 6.04 Å². The van der Waals surface area contributed by atoms with E-state index in [1.165, 1.54) is 10.7 Å². The van der Waals surface area contributed by atoms with Crippen molar-refractivity contribution in [1.82, 2.24) is 19.6 Å². The third-order valence-electron chi connectivity index (χ3n) is 3.07. The summed E-state index contributed by atoms with van der Waals surface area (Å²) in [6.45, 7) is 0.435. The molecule has 3 rings (SSSR count). The molecule has 2 aromatic heterocycles. The first-order valence-corrected chi connectivity index (χ1v) is 6.22. The van der Waals surface area contributed by atoms with E-state index in [2.05, 4.69) is 20.5 Å². The van der Waals surface area contributed by atoms with Crippen LogP contribution in [-0.4, -0.2) is 26.1 Å². The van der Waals surface area contributed by atoms with Crippen LogP contribution in [0.15, 0.2) is 47.5 Å². The average molecular weight is 270 g/mol. The lowest BCUT2D eigenvalue weighted by atomic mass is 10.1. The average Bonchev–Trinajstić information content (AvgIpc) is 2.86. The molecule has 0 bridgehead atoms. The van der Waals surface area contributed by atoms with Crippen LogP contribution in [0.5, 0.6) is 0 Å². The molecule has 0 saturated heterocycles. The molecule has 7 heteroatoms. The molecule has 0 amide bonds. The molecule has 0 fully saturated rings. The van der Waals surface area contributed by atoms with Crippen molar-refractivity contribution in [3.05, 3.63) is 58.8 Å². The molecule has 1 aromatic carbocycles. The highest BCUT2D eigenvalue weighted by Crippen LogP contribution is 2.17. The van der Waals surface area contributed by atoms with Crippen LogP contribution in [0, 0.1) is 0 Å². The highest BCUT2D eigenvalue weighted by Gasteiger charge is 2.10. The van der Waals surface area contributed by atoms with Crippen LogP contribution in [0.1, 0.15) is 11.6 Å². The van der Waals surface area contributed by atoms with Gasteiger partial charge in [-0.15, -0.1) is 0 Å². The van der Waals surface area contributed by atoms with E-state index in [9.17, 15) is 4.79 Å². The number of nitrogens with one attached hydrogen (secondary N) is 2. The first-order chi connectivity index (χ1) is 9.78. The van der Waals surface area contributed by atoms with Crippen molar-refractivity contribution in [2.75, 3.05) is 11.9 Å². The van der Waals surface area contributed by atoms with Gasteiger partial charge < -0.3 is 11.1 Å². The molecule has 0 aliphatic carbocycles. The van der Waals surface area contributed by atoms with Gasteiger partial charge in [-0.25, -0.2) is 19.3 Å². The molecular formula is C13H14N6O. The normalized spacial score (nSPS) is 12.4. The number of anilines is 1. The monoisotopic (exact) mass is 270 g/mol. The molecule has 2 heterocycles. The summed E-state index contributed by atoms with van der Waals surface area (Å²) in [5.74, 6) is 0.621. The fourth-order valence-electron chi connectivity index (χ4n) is 2.03. The third kappa shape index (κ3) is 2.26. The lowest BCUT2D eigenvalue weighted by Crippen LogP contribution is -2.21. The highest BCUT2D eigenvalue weighted by molar-refractivity contribution is 5.49. The zero-order valence-electron chi connectivity index (χ0n) is 10.7. The number of hydrogen-bond acceptors (Lipinski definition) is 5. The number of H-pyrrole nitrogens is 1. The van der Waals surface area contributed by atoms with E-state index in [0.717, 1.165) is 5.56 Å². The summed E-state index contributed by atoms with van der Waals surface area (Å²) in [5.41, 5.74) is 7.08. The Morgan fingerprint density at radius 3 is 2.90 bits per heavy atom. The van der Waals surface area contributed by atoms with Crippen molar-refractivity contribution in [3.63, 3.8) is 0 Å². The van der Waals surface area contributed by atoms with E-state index in [4.69, 9.17) is 5.73 Å². The number of hydrogen-bond donors (Lipinski definition) is 3. The Morgan fingerprint density at radius 2 is 2.15 bits per heavy atom. The van der Waals surface area contributed by atoms with Crippen molar-refractivity contribution in [2.24, 2.45) is 5.73 Å². The summed E-state index contributed by atoms with van der Waals surface area (Å²) in [6, 6.07) is 11.5. The number of fused-ring (bicyclic) bond motifs is 1. The standard InChI is InChI=1S/C13H14N6O/c14-7-10(9-4-2-1-3-5-9)16-11-6-12-17-18-13(20)19(12)8-15-11/h1-6,8,10,16H,7,14H2,(H,18,20). The lowest BCUT2D eigenvalue weighted by Gasteiger charge is -2.17. The molecular weight excluding hydrogens is 256 g/mol. The Kier molecular flexibility index (Phi) is 3.18. The summed E-state index contributed by atoms with van der Waals surface area (Å²) in [4.78, 5) is 15.5. The van der Waals surface area contributed by atoms with Gasteiger partial charge in [-0.3, -0.25) is 0 Å². The Balaban J connectivity index is 1.89. The molecule has 0 saturated carbocycles. The topological polar surface area (TPSA) is 101 Å². The lowest BCUT2D eigenvalue weighted by molar-refractivity contribution is 0.782. The smallest absolute Gasteiger partial charge is 0.348 e. The molecule has 0 radical (unpaired) electrons. The third-order valence-corrected chi connectivity index (χ3v) is 3.07. The van der Waals surface area contributed by atoms with Gasteiger partial charge in [0, 0.05) is 12.6 Å². The predicted molar refractivity (Wildman–Crippen MR) is 75.5 cm³/mol. The van der Waals surface area contributed by atoms with E-state index in [1.807, 2.05) is 30.3 Å². The van der Waals surface area contributed by atoms with Crippen molar-refractivity contribution in [3.8, 4) is 0 Å². The summed E-state index contributed by atoms with van der Waals surface area (Å²) in [5, 5.41) is 9.51. The second-order valence-corrected chi connectivity index (χ2v) is 4.37. The van der Waals surface area contributed by atoms with Crippen LogP contribution in [0.3, 0.4) is 0 Å². The van der Waals surface area contributed by atoms with E-state index in [-0.39, 0.29) is 11.7 Å². The number of aromatic amines is 1. The molecule has 1 unspecified atom stereocenters. The minimum atomic E-state index is -0.308. The maximum atomic E-state index is 11.4. The van der Waals surface area contributed by atoms with E-state index in [0.29, 0.717) is 18.0 Å². The van der Waals surface area contributed by atoms with Crippen LogP contribution in [0.4, 0.5) is 5.82 Å². The van der Waals surface area contributed by atoms with Crippen LogP contribution in [-0.2, 0) is 0 Å². The fourth-order valence-corrected chi connectivity index (χ4v) is 2.03. The number of rotatable bonds is 4. The number of nitrogens with two attached hydrogens (primary N) is 1. The van der Waals surface area contributed by atoms with Gasteiger partial charge in [0.1, 0.15) is 12.1 Å². The molecule has 20 heavy (non-hydrogen) atoms. The Hall–Kier alpha value is -2.67. The molecule has 0 aliphatic rings. The van der Waals surface area contributed by atoms with Gasteiger partial charge in [0.15, 0.2) is 5.65 Å². The summed E-state index contributed by atoms with van der Waals surface area (Å²) < 4.78 is 1.34. The largest absolute Gasteiger partial charge is 0.362 e. The minimum Gasteiger partial charge on any atom is -0.362 e. The predicted octanol–water partition coefficient (Wildman–Crippen LogP) is 0.529. The number of benzene rings is 1. The van der Waals surface area contributed by atoms with Gasteiger partial charge in [-0.2, -0.15) is 5.10 Å². The SMILES string of the molecule is NCC(Nc1cc2n[nH]c(=O)n2cn1)c1ccccc1. The van der Waals surface area contributed by atoms with Crippen molar-refractivity contribution < 1.29 is 0 Å². The Labute approximate surface area is 114 Å².